The molecule has 5 heteroatoms. The van der Waals surface area contributed by atoms with Gasteiger partial charge in [0.1, 0.15) is 5.75 Å². The molecule has 2 rings (SSSR count). The van der Waals surface area contributed by atoms with Crippen LogP contribution in [0.2, 0.25) is 0 Å². The van der Waals surface area contributed by atoms with Gasteiger partial charge in [0.15, 0.2) is 0 Å². The van der Waals surface area contributed by atoms with E-state index in [1.807, 2.05) is 38.4 Å². The van der Waals surface area contributed by atoms with Gasteiger partial charge >= 0.3 is 5.97 Å². The zero-order chi connectivity index (χ0) is 22.3. The molecular weight excluding hydrogens is 388 g/mol. The molecule has 0 radical (unpaired) electrons. The van der Waals surface area contributed by atoms with Crippen LogP contribution in [-0.4, -0.2) is 29.2 Å². The van der Waals surface area contributed by atoms with Gasteiger partial charge in [-0.2, -0.15) is 0 Å². The minimum absolute atomic E-state index is 0.279. The Morgan fingerprint density at radius 1 is 0.903 bits per heavy atom. The second-order valence-corrected chi connectivity index (χ2v) is 8.19. The molecule has 1 aromatic heterocycles. The largest absolute Gasteiger partial charge is 0.426 e. The summed E-state index contributed by atoms with van der Waals surface area (Å²) in [6.45, 7) is 7.14. The van der Waals surface area contributed by atoms with Crippen molar-refractivity contribution in [3.63, 3.8) is 0 Å². The number of aryl methyl sites for hydroxylation is 1. The lowest BCUT2D eigenvalue weighted by Gasteiger charge is -2.11. The number of ether oxygens (including phenoxy) is 2. The maximum absolute atomic E-state index is 12.1. The number of carbonyl (C=O) groups is 1. The molecule has 0 N–H and O–H groups in total. The Bertz CT molecular complexity index is 744. The molecule has 0 aliphatic heterocycles. The lowest BCUT2D eigenvalue weighted by molar-refractivity contribution is -0.140. The zero-order valence-corrected chi connectivity index (χ0v) is 19.4. The van der Waals surface area contributed by atoms with Crippen molar-refractivity contribution >= 4 is 5.97 Å². The normalized spacial score (nSPS) is 12.0. The van der Waals surface area contributed by atoms with Crippen molar-refractivity contribution in [3.05, 3.63) is 42.4 Å². The maximum Gasteiger partial charge on any atom is 0.316 e. The highest BCUT2D eigenvalue weighted by molar-refractivity contribution is 5.75. The second kappa shape index (κ2) is 14.7. The first kappa shape index (κ1) is 25.0. The average Bonchev–Trinajstić information content (AvgIpc) is 2.79. The van der Waals surface area contributed by atoms with Gasteiger partial charge in [0.25, 0.3) is 0 Å². The molecule has 170 valence electrons. The van der Waals surface area contributed by atoms with Gasteiger partial charge in [0.2, 0.25) is 0 Å². The van der Waals surface area contributed by atoms with Crippen LogP contribution < -0.4 is 4.74 Å². The molecule has 0 aliphatic carbocycles. The first-order valence-electron chi connectivity index (χ1n) is 11.8. The highest BCUT2D eigenvalue weighted by Crippen LogP contribution is 2.21. The third-order valence-electron chi connectivity index (χ3n) is 5.23. The minimum Gasteiger partial charge on any atom is -0.426 e. The molecule has 0 fully saturated rings. The van der Waals surface area contributed by atoms with Crippen LogP contribution >= 0.6 is 0 Å². The van der Waals surface area contributed by atoms with Crippen LogP contribution in [0.4, 0.5) is 0 Å². The van der Waals surface area contributed by atoms with Gasteiger partial charge in [-0.1, -0.05) is 52.4 Å². The summed E-state index contributed by atoms with van der Waals surface area (Å²) in [7, 11) is 0. The predicted octanol–water partition coefficient (Wildman–Crippen LogP) is 6.40. The van der Waals surface area contributed by atoms with Crippen molar-refractivity contribution in [1.82, 2.24) is 9.97 Å². The first-order chi connectivity index (χ1) is 15.1. The minimum atomic E-state index is -0.291. The topological polar surface area (TPSA) is 61.3 Å². The Morgan fingerprint density at radius 2 is 1.61 bits per heavy atom. The number of rotatable bonds is 15. The monoisotopic (exact) mass is 426 g/mol. The quantitative estimate of drug-likeness (QED) is 0.187. The fourth-order valence-corrected chi connectivity index (χ4v) is 3.28. The molecular formula is C26H38N2O3. The smallest absolute Gasteiger partial charge is 0.316 e. The molecule has 1 heterocycles. The van der Waals surface area contributed by atoms with E-state index >= 15 is 0 Å². The van der Waals surface area contributed by atoms with E-state index in [2.05, 4.69) is 16.9 Å². The van der Waals surface area contributed by atoms with Gasteiger partial charge in [-0.05, 0) is 50.5 Å². The number of unbranched alkanes of at least 4 members (excludes halogenated alkanes) is 6. The Morgan fingerprint density at radius 3 is 2.26 bits per heavy atom. The van der Waals surface area contributed by atoms with Crippen LogP contribution in [0.15, 0.2) is 36.7 Å². The molecule has 0 saturated carbocycles. The number of esters is 1. The van der Waals surface area contributed by atoms with Crippen LogP contribution in [0.25, 0.3) is 11.3 Å². The summed E-state index contributed by atoms with van der Waals surface area (Å²) >= 11 is 0. The number of carbonyl (C=O) groups excluding carboxylic acids is 1. The van der Waals surface area contributed by atoms with Gasteiger partial charge in [-0.15, -0.1) is 0 Å². The van der Waals surface area contributed by atoms with Crippen LogP contribution in [0.1, 0.15) is 77.8 Å². The van der Waals surface area contributed by atoms with Gasteiger partial charge in [-0.25, -0.2) is 0 Å². The van der Waals surface area contributed by atoms with Crippen LogP contribution in [0.5, 0.6) is 5.75 Å². The molecule has 0 spiro atoms. The predicted molar refractivity (Wildman–Crippen MR) is 125 cm³/mol. The molecule has 0 aliphatic rings. The van der Waals surface area contributed by atoms with Gasteiger partial charge in [0.05, 0.1) is 30.1 Å². The Hall–Kier alpha value is -2.27. The molecule has 1 unspecified atom stereocenters. The van der Waals surface area contributed by atoms with E-state index in [4.69, 9.17) is 9.47 Å². The molecule has 31 heavy (non-hydrogen) atoms. The van der Waals surface area contributed by atoms with E-state index in [1.165, 1.54) is 44.9 Å². The lowest BCUT2D eigenvalue weighted by Crippen LogP contribution is -2.22. The zero-order valence-electron chi connectivity index (χ0n) is 19.4. The third kappa shape index (κ3) is 9.60. The molecule has 2 aromatic rings. The van der Waals surface area contributed by atoms with E-state index in [0.29, 0.717) is 19.0 Å². The Kier molecular flexibility index (Phi) is 11.8. The first-order valence-corrected chi connectivity index (χ1v) is 11.8. The lowest BCUT2D eigenvalue weighted by atomic mass is 10.1. The van der Waals surface area contributed by atoms with Gasteiger partial charge in [-0.3, -0.25) is 14.8 Å². The maximum atomic E-state index is 12.1. The van der Waals surface area contributed by atoms with Crippen molar-refractivity contribution in [2.75, 3.05) is 13.2 Å². The van der Waals surface area contributed by atoms with Crippen molar-refractivity contribution in [2.45, 2.75) is 78.6 Å². The highest BCUT2D eigenvalue weighted by Gasteiger charge is 2.15. The fourth-order valence-electron chi connectivity index (χ4n) is 3.28. The SMILES string of the molecule is CCCCCCCCCc1cnc(-c2ccc(OC(=O)C(C)COCCC)cc2)cn1. The van der Waals surface area contributed by atoms with Crippen molar-refractivity contribution in [3.8, 4) is 17.0 Å². The molecule has 5 nitrogen and oxygen atoms in total. The average molecular weight is 427 g/mol. The Labute approximate surface area is 187 Å². The van der Waals surface area contributed by atoms with E-state index < -0.39 is 0 Å². The van der Waals surface area contributed by atoms with E-state index in [1.54, 1.807) is 12.1 Å². The van der Waals surface area contributed by atoms with E-state index in [9.17, 15) is 4.79 Å². The van der Waals surface area contributed by atoms with Crippen molar-refractivity contribution < 1.29 is 14.3 Å². The number of hydrogen-bond donors (Lipinski definition) is 0. The summed E-state index contributed by atoms with van der Waals surface area (Å²) in [6, 6.07) is 7.39. The second-order valence-electron chi connectivity index (χ2n) is 8.19. The summed E-state index contributed by atoms with van der Waals surface area (Å²) < 4.78 is 10.9. The van der Waals surface area contributed by atoms with E-state index in [0.717, 1.165) is 29.8 Å². The van der Waals surface area contributed by atoms with Gasteiger partial charge < -0.3 is 9.47 Å². The van der Waals surface area contributed by atoms with Crippen molar-refractivity contribution in [2.24, 2.45) is 5.92 Å². The molecule has 0 bridgehead atoms. The number of hydrogen-bond acceptors (Lipinski definition) is 5. The number of benzene rings is 1. The summed E-state index contributed by atoms with van der Waals surface area (Å²) in [5.74, 6) is -0.0426. The van der Waals surface area contributed by atoms with Crippen LogP contribution in [0.3, 0.4) is 0 Å². The summed E-state index contributed by atoms with van der Waals surface area (Å²) in [5.41, 5.74) is 2.82. The third-order valence-corrected chi connectivity index (χ3v) is 5.23. The van der Waals surface area contributed by atoms with Gasteiger partial charge in [0, 0.05) is 18.4 Å². The molecule has 0 amide bonds. The summed E-state index contributed by atoms with van der Waals surface area (Å²) in [5, 5.41) is 0. The standard InChI is InChI=1S/C26H38N2O3/c1-4-6-7-8-9-10-11-12-23-18-28-25(19-27-23)22-13-15-24(16-14-22)31-26(29)21(3)20-30-17-5-2/h13-16,18-19,21H,4-12,17,20H2,1-3H3. The Balaban J connectivity index is 1.77. The number of nitrogens with zero attached hydrogens (tertiary/aromatic N) is 2. The molecule has 1 aromatic carbocycles. The molecule has 0 saturated heterocycles. The number of aromatic nitrogens is 2. The molecule has 1 atom stereocenters. The summed E-state index contributed by atoms with van der Waals surface area (Å²) in [4.78, 5) is 21.3. The van der Waals surface area contributed by atoms with E-state index in [-0.39, 0.29) is 11.9 Å². The van der Waals surface area contributed by atoms with Crippen LogP contribution in [0, 0.1) is 5.92 Å². The highest BCUT2D eigenvalue weighted by atomic mass is 16.5. The fraction of sp³-hybridized carbons (Fsp3) is 0.577. The summed E-state index contributed by atoms with van der Waals surface area (Å²) in [6.07, 6.45) is 14.7. The van der Waals surface area contributed by atoms with Crippen LogP contribution in [-0.2, 0) is 16.0 Å². The van der Waals surface area contributed by atoms with Crippen molar-refractivity contribution in [1.29, 1.82) is 0 Å².